The number of urea groups is 1. The van der Waals surface area contributed by atoms with E-state index in [2.05, 4.69) is 5.32 Å². The van der Waals surface area contributed by atoms with Crippen molar-refractivity contribution in [2.45, 2.75) is 50.7 Å². The predicted octanol–water partition coefficient (Wildman–Crippen LogP) is 0.796. The van der Waals surface area contributed by atoms with Crippen LogP contribution in [0.2, 0.25) is 0 Å². The standard InChI is InChI=1S/C13H22N2O4/c1-9(11(16)17)14-12(18)15-7-6-13(19)5-3-2-4-10(13)8-15/h9-10,19H,2-8H2,1H3,(H,14,18)(H,16,17). The van der Waals surface area contributed by atoms with Crippen LogP contribution in [0.5, 0.6) is 0 Å². The Hall–Kier alpha value is -1.30. The molecule has 0 spiro atoms. The molecule has 6 nitrogen and oxygen atoms in total. The van der Waals surface area contributed by atoms with Crippen LogP contribution in [0.15, 0.2) is 0 Å². The first-order valence-electron chi connectivity index (χ1n) is 6.93. The summed E-state index contributed by atoms with van der Waals surface area (Å²) >= 11 is 0. The second kappa shape index (κ2) is 5.36. The van der Waals surface area contributed by atoms with E-state index in [-0.39, 0.29) is 11.9 Å². The molecule has 1 aliphatic heterocycles. The number of hydrogen-bond acceptors (Lipinski definition) is 3. The highest BCUT2D eigenvalue weighted by atomic mass is 16.4. The van der Waals surface area contributed by atoms with Crippen LogP contribution in [0.3, 0.4) is 0 Å². The van der Waals surface area contributed by atoms with Gasteiger partial charge in [0.25, 0.3) is 0 Å². The molecule has 2 aliphatic rings. The predicted molar refractivity (Wildman–Crippen MR) is 68.7 cm³/mol. The van der Waals surface area contributed by atoms with Crippen molar-refractivity contribution < 1.29 is 19.8 Å². The molecule has 2 amide bonds. The van der Waals surface area contributed by atoms with Crippen LogP contribution in [-0.4, -0.2) is 51.8 Å². The van der Waals surface area contributed by atoms with Crippen LogP contribution in [-0.2, 0) is 4.79 Å². The summed E-state index contributed by atoms with van der Waals surface area (Å²) in [5.74, 6) is -0.916. The van der Waals surface area contributed by atoms with Crippen molar-refractivity contribution in [2.24, 2.45) is 5.92 Å². The normalized spacial score (nSPS) is 32.3. The highest BCUT2D eigenvalue weighted by Crippen LogP contribution is 2.39. The van der Waals surface area contributed by atoms with Crippen LogP contribution in [0.25, 0.3) is 0 Å². The fourth-order valence-electron chi connectivity index (χ4n) is 3.09. The Balaban J connectivity index is 1.93. The third-order valence-corrected chi connectivity index (χ3v) is 4.43. The summed E-state index contributed by atoms with van der Waals surface area (Å²) in [6, 6.07) is -1.23. The van der Waals surface area contributed by atoms with E-state index >= 15 is 0 Å². The third kappa shape index (κ3) is 3.00. The Morgan fingerprint density at radius 3 is 2.79 bits per heavy atom. The van der Waals surface area contributed by atoms with Gasteiger partial charge in [-0.25, -0.2) is 4.79 Å². The zero-order valence-corrected chi connectivity index (χ0v) is 11.3. The van der Waals surface area contributed by atoms with Gasteiger partial charge in [-0.2, -0.15) is 0 Å². The highest BCUT2D eigenvalue weighted by Gasteiger charge is 2.43. The highest BCUT2D eigenvalue weighted by molar-refractivity contribution is 5.82. The molecule has 1 heterocycles. The molecule has 3 atom stereocenters. The number of rotatable bonds is 2. The first-order chi connectivity index (χ1) is 8.92. The average Bonchev–Trinajstić information content (AvgIpc) is 2.37. The molecule has 0 aromatic heterocycles. The van der Waals surface area contributed by atoms with Gasteiger partial charge in [0.05, 0.1) is 5.60 Å². The molecule has 3 N–H and O–H groups in total. The maximum Gasteiger partial charge on any atom is 0.325 e. The largest absolute Gasteiger partial charge is 0.480 e. The molecule has 0 aromatic rings. The van der Waals surface area contributed by atoms with E-state index in [0.717, 1.165) is 25.7 Å². The minimum atomic E-state index is -1.04. The summed E-state index contributed by atoms with van der Waals surface area (Å²) < 4.78 is 0. The number of carbonyl (C=O) groups is 2. The van der Waals surface area contributed by atoms with Crippen LogP contribution < -0.4 is 5.32 Å². The molecule has 0 bridgehead atoms. The number of carbonyl (C=O) groups excluding carboxylic acids is 1. The van der Waals surface area contributed by atoms with Gasteiger partial charge in [0, 0.05) is 19.0 Å². The van der Waals surface area contributed by atoms with E-state index in [1.165, 1.54) is 6.92 Å². The first-order valence-corrected chi connectivity index (χ1v) is 6.93. The van der Waals surface area contributed by atoms with Gasteiger partial charge in [0.1, 0.15) is 6.04 Å². The molecular weight excluding hydrogens is 248 g/mol. The van der Waals surface area contributed by atoms with Crippen molar-refractivity contribution in [3.63, 3.8) is 0 Å². The monoisotopic (exact) mass is 270 g/mol. The van der Waals surface area contributed by atoms with Crippen LogP contribution in [0.1, 0.15) is 39.0 Å². The van der Waals surface area contributed by atoms with E-state index in [4.69, 9.17) is 5.11 Å². The molecule has 1 saturated heterocycles. The van der Waals surface area contributed by atoms with Gasteiger partial charge >= 0.3 is 12.0 Å². The Kier molecular flexibility index (Phi) is 3.99. The molecule has 1 aliphatic carbocycles. The number of nitrogens with one attached hydrogen (secondary N) is 1. The molecule has 108 valence electrons. The minimum Gasteiger partial charge on any atom is -0.480 e. The van der Waals surface area contributed by atoms with E-state index in [1.54, 1.807) is 4.90 Å². The van der Waals surface area contributed by atoms with Gasteiger partial charge < -0.3 is 20.4 Å². The Labute approximate surface area is 112 Å². The van der Waals surface area contributed by atoms with Crippen molar-refractivity contribution in [1.82, 2.24) is 10.2 Å². The summed E-state index contributed by atoms with van der Waals surface area (Å²) in [4.78, 5) is 24.3. The summed E-state index contributed by atoms with van der Waals surface area (Å²) in [6.45, 7) is 2.46. The topological polar surface area (TPSA) is 89.9 Å². The molecule has 19 heavy (non-hydrogen) atoms. The van der Waals surface area contributed by atoms with Gasteiger partial charge in [-0.1, -0.05) is 12.8 Å². The number of aliphatic hydroxyl groups is 1. The SMILES string of the molecule is CC(NC(=O)N1CCC2(O)CCCCC2C1)C(=O)O. The van der Waals surface area contributed by atoms with Crippen LogP contribution >= 0.6 is 0 Å². The number of fused-ring (bicyclic) bond motifs is 1. The lowest BCUT2D eigenvalue weighted by Crippen LogP contribution is -2.57. The smallest absolute Gasteiger partial charge is 0.325 e. The fourth-order valence-corrected chi connectivity index (χ4v) is 3.09. The second-order valence-electron chi connectivity index (χ2n) is 5.75. The maximum atomic E-state index is 12.0. The van der Waals surface area contributed by atoms with E-state index < -0.39 is 17.6 Å². The number of nitrogens with zero attached hydrogens (tertiary/aromatic N) is 1. The fraction of sp³-hybridized carbons (Fsp3) is 0.846. The summed E-state index contributed by atoms with van der Waals surface area (Å²) in [7, 11) is 0. The molecule has 0 radical (unpaired) electrons. The number of amides is 2. The quantitative estimate of drug-likeness (QED) is 0.692. The first kappa shape index (κ1) is 14.1. The van der Waals surface area contributed by atoms with Gasteiger partial charge in [-0.3, -0.25) is 4.79 Å². The molecule has 0 aromatic carbocycles. The Morgan fingerprint density at radius 2 is 2.11 bits per heavy atom. The minimum absolute atomic E-state index is 0.126. The Morgan fingerprint density at radius 1 is 1.37 bits per heavy atom. The number of carboxylic acid groups (broad SMARTS) is 1. The van der Waals surface area contributed by atoms with Gasteiger partial charge in [-0.15, -0.1) is 0 Å². The van der Waals surface area contributed by atoms with Crippen molar-refractivity contribution >= 4 is 12.0 Å². The van der Waals surface area contributed by atoms with Crippen molar-refractivity contribution in [1.29, 1.82) is 0 Å². The van der Waals surface area contributed by atoms with Crippen molar-refractivity contribution in [3.05, 3.63) is 0 Å². The van der Waals surface area contributed by atoms with Gasteiger partial charge in [0.2, 0.25) is 0 Å². The Bertz CT molecular complexity index is 374. The number of piperidine rings is 1. The summed E-state index contributed by atoms with van der Waals surface area (Å²) in [6.07, 6.45) is 4.49. The third-order valence-electron chi connectivity index (χ3n) is 4.43. The zero-order valence-electron chi connectivity index (χ0n) is 11.3. The van der Waals surface area contributed by atoms with Gasteiger partial charge in [0.15, 0.2) is 0 Å². The van der Waals surface area contributed by atoms with E-state index in [1.807, 2.05) is 0 Å². The van der Waals surface area contributed by atoms with Gasteiger partial charge in [-0.05, 0) is 26.2 Å². The number of aliphatic carboxylic acids is 1. The molecule has 6 heteroatoms. The number of carboxylic acids is 1. The van der Waals surface area contributed by atoms with Crippen LogP contribution in [0, 0.1) is 5.92 Å². The molecule has 2 rings (SSSR count). The zero-order chi connectivity index (χ0) is 14.0. The molecule has 2 fully saturated rings. The van der Waals surface area contributed by atoms with E-state index in [0.29, 0.717) is 19.5 Å². The molecule has 1 saturated carbocycles. The number of hydrogen-bond donors (Lipinski definition) is 3. The second-order valence-corrected chi connectivity index (χ2v) is 5.75. The van der Waals surface area contributed by atoms with Crippen LogP contribution in [0.4, 0.5) is 4.79 Å². The van der Waals surface area contributed by atoms with Crippen molar-refractivity contribution in [2.75, 3.05) is 13.1 Å². The summed E-state index contributed by atoms with van der Waals surface area (Å²) in [5, 5.41) is 21.8. The lowest BCUT2D eigenvalue weighted by molar-refractivity contribution is -0.138. The molecule has 3 unspecified atom stereocenters. The summed E-state index contributed by atoms with van der Waals surface area (Å²) in [5.41, 5.74) is -0.618. The lowest BCUT2D eigenvalue weighted by atomic mass is 9.71. The average molecular weight is 270 g/mol. The van der Waals surface area contributed by atoms with E-state index in [9.17, 15) is 14.7 Å². The lowest BCUT2D eigenvalue weighted by Gasteiger charge is -2.47. The maximum absolute atomic E-state index is 12.0. The number of likely N-dealkylation sites (tertiary alicyclic amines) is 1. The van der Waals surface area contributed by atoms with Crippen molar-refractivity contribution in [3.8, 4) is 0 Å². The molecular formula is C13H22N2O4.